The van der Waals surface area contributed by atoms with E-state index >= 15 is 0 Å². The lowest BCUT2D eigenvalue weighted by Gasteiger charge is -2.28. The summed E-state index contributed by atoms with van der Waals surface area (Å²) in [6.45, 7) is 5.40. The summed E-state index contributed by atoms with van der Waals surface area (Å²) in [6, 6.07) is 1.60. The Balaban J connectivity index is 0.00000324. The Labute approximate surface area is 119 Å². The molecule has 0 bridgehead atoms. The van der Waals surface area contributed by atoms with Crippen molar-refractivity contribution in [3.8, 4) is 0 Å². The van der Waals surface area contributed by atoms with Gasteiger partial charge in [-0.15, -0.1) is 12.4 Å². The molecule has 0 aliphatic carbocycles. The first-order valence-electron chi connectivity index (χ1n) is 5.79. The summed E-state index contributed by atoms with van der Waals surface area (Å²) in [5, 5.41) is 3.73. The Hall–Kier alpha value is -1.11. The topological polar surface area (TPSA) is 81.6 Å². The van der Waals surface area contributed by atoms with Gasteiger partial charge in [-0.2, -0.15) is 0 Å². The number of hydrogen-bond acceptors (Lipinski definition) is 5. The zero-order valence-corrected chi connectivity index (χ0v) is 12.6. The highest BCUT2D eigenvalue weighted by Gasteiger charge is 2.23. The third kappa shape index (κ3) is 5.18. The molecule has 0 radical (unpaired) electrons. The van der Waals surface area contributed by atoms with Gasteiger partial charge in [0.15, 0.2) is 11.5 Å². The van der Waals surface area contributed by atoms with E-state index in [2.05, 4.69) is 5.16 Å². The summed E-state index contributed by atoms with van der Waals surface area (Å²) in [7, 11) is 3.28. The fourth-order valence-electron chi connectivity index (χ4n) is 1.60. The highest BCUT2D eigenvalue weighted by Crippen LogP contribution is 2.16. The zero-order valence-electron chi connectivity index (χ0n) is 11.8. The smallest absolute Gasteiger partial charge is 0.275 e. The summed E-state index contributed by atoms with van der Waals surface area (Å²) in [6.07, 6.45) is 0. The van der Waals surface area contributed by atoms with Crippen LogP contribution in [0.2, 0.25) is 0 Å². The second-order valence-electron chi connectivity index (χ2n) is 5.14. The number of aromatic nitrogens is 1. The van der Waals surface area contributed by atoms with E-state index in [1.807, 2.05) is 13.8 Å². The molecule has 1 amide bonds. The highest BCUT2D eigenvalue weighted by atomic mass is 35.5. The lowest BCUT2D eigenvalue weighted by molar-refractivity contribution is 0.0729. The molecule has 1 heterocycles. The number of methoxy groups -OCH3 is 1. The van der Waals surface area contributed by atoms with Gasteiger partial charge in [0.1, 0.15) is 6.61 Å². The van der Waals surface area contributed by atoms with Crippen molar-refractivity contribution in [2.45, 2.75) is 20.5 Å². The van der Waals surface area contributed by atoms with E-state index in [4.69, 9.17) is 15.0 Å². The number of hydrogen-bond donors (Lipinski definition) is 1. The van der Waals surface area contributed by atoms with Crippen molar-refractivity contribution in [2.75, 3.05) is 27.2 Å². The Morgan fingerprint density at radius 1 is 1.58 bits per heavy atom. The van der Waals surface area contributed by atoms with E-state index in [1.165, 1.54) is 0 Å². The van der Waals surface area contributed by atoms with Crippen LogP contribution in [0, 0.1) is 5.41 Å². The second-order valence-corrected chi connectivity index (χ2v) is 5.14. The largest absolute Gasteiger partial charge is 0.377 e. The SMILES string of the molecule is COCc1cc(C(=O)N(C)CC(C)(C)CN)no1.Cl. The molecule has 0 unspecified atom stereocenters. The molecule has 0 saturated carbocycles. The molecule has 0 aliphatic heterocycles. The predicted octanol–water partition coefficient (Wildman–Crippen LogP) is 1.30. The van der Waals surface area contributed by atoms with Gasteiger partial charge in [0, 0.05) is 26.8 Å². The van der Waals surface area contributed by atoms with Crippen LogP contribution in [0.1, 0.15) is 30.1 Å². The number of nitrogens with zero attached hydrogens (tertiary/aromatic N) is 2. The molecule has 0 atom stereocenters. The van der Waals surface area contributed by atoms with Gasteiger partial charge in [-0.3, -0.25) is 4.79 Å². The van der Waals surface area contributed by atoms with E-state index in [9.17, 15) is 4.79 Å². The molecule has 1 aromatic rings. The minimum Gasteiger partial charge on any atom is -0.377 e. The molecule has 6 nitrogen and oxygen atoms in total. The average molecular weight is 292 g/mol. The zero-order chi connectivity index (χ0) is 13.8. The van der Waals surface area contributed by atoms with Crippen molar-refractivity contribution in [1.82, 2.24) is 10.1 Å². The van der Waals surface area contributed by atoms with Crippen LogP contribution in [-0.2, 0) is 11.3 Å². The molecule has 1 aromatic heterocycles. The van der Waals surface area contributed by atoms with Crippen molar-refractivity contribution in [3.05, 3.63) is 17.5 Å². The fraction of sp³-hybridized carbons (Fsp3) is 0.667. The minimum atomic E-state index is -0.178. The molecular formula is C12H22ClN3O3. The van der Waals surface area contributed by atoms with E-state index in [1.54, 1.807) is 25.1 Å². The molecule has 19 heavy (non-hydrogen) atoms. The van der Waals surface area contributed by atoms with E-state index in [0.29, 0.717) is 25.5 Å². The Morgan fingerprint density at radius 2 is 2.21 bits per heavy atom. The number of rotatable bonds is 6. The van der Waals surface area contributed by atoms with Crippen molar-refractivity contribution in [3.63, 3.8) is 0 Å². The number of carbonyl (C=O) groups is 1. The van der Waals surface area contributed by atoms with Gasteiger partial charge in [0.2, 0.25) is 0 Å². The van der Waals surface area contributed by atoms with E-state index in [0.717, 1.165) is 0 Å². The van der Waals surface area contributed by atoms with Gasteiger partial charge < -0.3 is 19.9 Å². The van der Waals surface area contributed by atoms with Crippen molar-refractivity contribution in [1.29, 1.82) is 0 Å². The van der Waals surface area contributed by atoms with Crippen LogP contribution >= 0.6 is 12.4 Å². The van der Waals surface area contributed by atoms with E-state index < -0.39 is 0 Å². The number of nitrogens with two attached hydrogens (primary N) is 1. The molecule has 2 N–H and O–H groups in total. The first-order chi connectivity index (χ1) is 8.39. The first kappa shape index (κ1) is 17.9. The molecule has 0 fully saturated rings. The van der Waals surface area contributed by atoms with Gasteiger partial charge in [0.25, 0.3) is 5.91 Å². The number of carbonyl (C=O) groups excluding carboxylic acids is 1. The second kappa shape index (κ2) is 7.47. The quantitative estimate of drug-likeness (QED) is 0.854. The molecule has 110 valence electrons. The lowest BCUT2D eigenvalue weighted by Crippen LogP contribution is -2.39. The summed E-state index contributed by atoms with van der Waals surface area (Å²) < 4.78 is 9.89. The van der Waals surface area contributed by atoms with Crippen LogP contribution in [-0.4, -0.2) is 43.2 Å². The first-order valence-corrected chi connectivity index (χ1v) is 5.79. The fourth-order valence-corrected chi connectivity index (χ4v) is 1.60. The molecule has 0 aliphatic rings. The number of halogens is 1. The predicted molar refractivity (Wildman–Crippen MR) is 74.3 cm³/mol. The lowest BCUT2D eigenvalue weighted by atomic mass is 9.93. The summed E-state index contributed by atoms with van der Waals surface area (Å²) in [5.41, 5.74) is 5.82. The van der Waals surface area contributed by atoms with Gasteiger partial charge in [-0.1, -0.05) is 19.0 Å². The van der Waals surface area contributed by atoms with Crippen molar-refractivity contribution in [2.24, 2.45) is 11.1 Å². The summed E-state index contributed by atoms with van der Waals surface area (Å²) in [4.78, 5) is 13.7. The monoisotopic (exact) mass is 291 g/mol. The van der Waals surface area contributed by atoms with Gasteiger partial charge >= 0.3 is 0 Å². The number of amides is 1. The molecule has 1 rings (SSSR count). The molecular weight excluding hydrogens is 270 g/mol. The summed E-state index contributed by atoms with van der Waals surface area (Å²) in [5.74, 6) is 0.356. The van der Waals surface area contributed by atoms with Crippen LogP contribution in [0.3, 0.4) is 0 Å². The molecule has 0 spiro atoms. The number of ether oxygens (including phenoxy) is 1. The maximum Gasteiger partial charge on any atom is 0.275 e. The van der Waals surface area contributed by atoms with Crippen molar-refractivity contribution < 1.29 is 14.1 Å². The normalized spacial score (nSPS) is 11.0. The third-order valence-electron chi connectivity index (χ3n) is 2.63. The van der Waals surface area contributed by atoms with Gasteiger partial charge in [-0.25, -0.2) is 0 Å². The van der Waals surface area contributed by atoms with Crippen LogP contribution in [0.4, 0.5) is 0 Å². The van der Waals surface area contributed by atoms with Crippen molar-refractivity contribution >= 4 is 18.3 Å². The maximum atomic E-state index is 12.1. The van der Waals surface area contributed by atoms with Crippen LogP contribution in [0.25, 0.3) is 0 Å². The third-order valence-corrected chi connectivity index (χ3v) is 2.63. The Morgan fingerprint density at radius 3 is 2.74 bits per heavy atom. The summed E-state index contributed by atoms with van der Waals surface area (Å²) >= 11 is 0. The van der Waals surface area contributed by atoms with Gasteiger partial charge in [0.05, 0.1) is 0 Å². The van der Waals surface area contributed by atoms with Crippen LogP contribution < -0.4 is 5.73 Å². The van der Waals surface area contributed by atoms with Crippen LogP contribution in [0.5, 0.6) is 0 Å². The minimum absolute atomic E-state index is 0. The molecule has 0 aromatic carbocycles. The maximum absolute atomic E-state index is 12.1. The Kier molecular flexibility index (Phi) is 7.04. The average Bonchev–Trinajstić information content (AvgIpc) is 2.76. The van der Waals surface area contributed by atoms with Crippen LogP contribution in [0.15, 0.2) is 10.6 Å². The van der Waals surface area contributed by atoms with Gasteiger partial charge in [-0.05, 0) is 12.0 Å². The van der Waals surface area contributed by atoms with E-state index in [-0.39, 0.29) is 29.4 Å². The molecule has 7 heteroatoms. The molecule has 0 saturated heterocycles. The highest BCUT2D eigenvalue weighted by molar-refractivity contribution is 5.92. The standard InChI is InChI=1S/C12H21N3O3.ClH/c1-12(2,7-13)8-15(3)11(16)10-5-9(6-17-4)18-14-10;/h5H,6-8,13H2,1-4H3;1H. The Bertz CT molecular complexity index is 407.